The smallest absolute Gasteiger partial charge is 0.261 e. The fourth-order valence-corrected chi connectivity index (χ4v) is 2.26. The quantitative estimate of drug-likeness (QED) is 0.672. The molecule has 2 N–H and O–H groups in total. The molecule has 0 saturated heterocycles. The number of carbonyl (C=O) groups is 2. The number of nitrogen functional groups attached to an aromatic ring is 1. The number of anilines is 1. The van der Waals surface area contributed by atoms with Crippen LogP contribution in [-0.4, -0.2) is 16.7 Å². The Hall–Kier alpha value is -2.69. The van der Waals surface area contributed by atoms with E-state index >= 15 is 0 Å². The Labute approximate surface area is 114 Å². The van der Waals surface area contributed by atoms with Crippen molar-refractivity contribution in [2.45, 2.75) is 6.54 Å². The molecule has 100 valence electrons. The van der Waals surface area contributed by atoms with Gasteiger partial charge in [0.2, 0.25) is 0 Å². The molecule has 0 atom stereocenters. The Balaban J connectivity index is 1.94. The molecule has 0 fully saturated rings. The normalized spacial score (nSPS) is 13.8. The van der Waals surface area contributed by atoms with Crippen molar-refractivity contribution in [3.8, 4) is 0 Å². The summed E-state index contributed by atoms with van der Waals surface area (Å²) in [6.45, 7) is 0.0401. The van der Waals surface area contributed by atoms with Gasteiger partial charge < -0.3 is 5.73 Å². The SMILES string of the molecule is Nc1cc(F)ccc1CN1C(=O)c2ccccc2C1=O. The zero-order valence-electron chi connectivity index (χ0n) is 10.5. The predicted molar refractivity (Wildman–Crippen MR) is 71.5 cm³/mol. The molecule has 0 radical (unpaired) electrons. The molecular weight excluding hydrogens is 259 g/mol. The van der Waals surface area contributed by atoms with Gasteiger partial charge in [-0.1, -0.05) is 18.2 Å². The molecule has 5 heteroatoms. The number of hydrogen-bond acceptors (Lipinski definition) is 3. The first-order valence-corrected chi connectivity index (χ1v) is 6.07. The first kappa shape index (κ1) is 12.3. The van der Waals surface area contributed by atoms with Crippen LogP contribution in [0.4, 0.5) is 10.1 Å². The lowest BCUT2D eigenvalue weighted by Gasteiger charge is -2.15. The predicted octanol–water partition coefficient (Wildman–Crippen LogP) is 2.20. The summed E-state index contributed by atoms with van der Waals surface area (Å²) >= 11 is 0. The van der Waals surface area contributed by atoms with Crippen LogP contribution in [0.25, 0.3) is 0 Å². The Morgan fingerprint density at radius 2 is 1.60 bits per heavy atom. The van der Waals surface area contributed by atoms with Crippen molar-refractivity contribution in [2.75, 3.05) is 5.73 Å². The van der Waals surface area contributed by atoms with Crippen LogP contribution in [0, 0.1) is 5.82 Å². The van der Waals surface area contributed by atoms with Crippen molar-refractivity contribution in [3.05, 3.63) is 65.0 Å². The first-order valence-electron chi connectivity index (χ1n) is 6.07. The number of nitrogens with zero attached hydrogens (tertiary/aromatic N) is 1. The van der Waals surface area contributed by atoms with Crippen molar-refractivity contribution < 1.29 is 14.0 Å². The van der Waals surface area contributed by atoms with Gasteiger partial charge in [-0.15, -0.1) is 0 Å². The highest BCUT2D eigenvalue weighted by Gasteiger charge is 2.35. The number of nitrogens with two attached hydrogens (primary N) is 1. The molecule has 2 aromatic carbocycles. The van der Waals surface area contributed by atoms with Crippen LogP contribution in [-0.2, 0) is 6.54 Å². The highest BCUT2D eigenvalue weighted by atomic mass is 19.1. The van der Waals surface area contributed by atoms with Crippen molar-refractivity contribution in [2.24, 2.45) is 0 Å². The molecule has 0 bridgehead atoms. The first-order chi connectivity index (χ1) is 9.58. The number of benzene rings is 2. The number of amides is 2. The summed E-state index contributed by atoms with van der Waals surface area (Å²) in [7, 11) is 0. The lowest BCUT2D eigenvalue weighted by Crippen LogP contribution is -2.29. The van der Waals surface area contributed by atoms with Crippen LogP contribution in [0.1, 0.15) is 26.3 Å². The lowest BCUT2D eigenvalue weighted by atomic mass is 10.1. The second-order valence-electron chi connectivity index (χ2n) is 4.59. The third kappa shape index (κ3) is 1.84. The van der Waals surface area contributed by atoms with E-state index in [1.54, 1.807) is 24.3 Å². The number of fused-ring (bicyclic) bond motifs is 1. The zero-order chi connectivity index (χ0) is 14.3. The van der Waals surface area contributed by atoms with E-state index in [4.69, 9.17) is 5.73 Å². The minimum atomic E-state index is -0.450. The van der Waals surface area contributed by atoms with Crippen LogP contribution in [0.2, 0.25) is 0 Å². The van der Waals surface area contributed by atoms with Gasteiger partial charge in [-0.25, -0.2) is 4.39 Å². The highest BCUT2D eigenvalue weighted by Crippen LogP contribution is 2.25. The molecule has 2 amide bonds. The van der Waals surface area contributed by atoms with Crippen molar-refractivity contribution in [3.63, 3.8) is 0 Å². The number of imide groups is 1. The summed E-state index contributed by atoms with van der Waals surface area (Å²) in [4.78, 5) is 25.5. The van der Waals surface area contributed by atoms with Gasteiger partial charge in [-0.05, 0) is 29.8 Å². The number of carbonyl (C=O) groups excluding carboxylic acids is 2. The molecule has 0 unspecified atom stereocenters. The number of hydrogen-bond donors (Lipinski definition) is 1. The fourth-order valence-electron chi connectivity index (χ4n) is 2.26. The highest BCUT2D eigenvalue weighted by molar-refractivity contribution is 6.21. The number of rotatable bonds is 2. The van der Waals surface area contributed by atoms with Gasteiger partial charge in [0.05, 0.1) is 17.7 Å². The largest absolute Gasteiger partial charge is 0.398 e. The topological polar surface area (TPSA) is 63.4 Å². The molecule has 0 aromatic heterocycles. The Morgan fingerprint density at radius 1 is 1.00 bits per heavy atom. The molecule has 2 aromatic rings. The summed E-state index contributed by atoms with van der Waals surface area (Å²) in [6, 6.07) is 10.6. The molecular formula is C15H11FN2O2. The van der Waals surface area contributed by atoms with E-state index in [1.807, 2.05) is 0 Å². The average molecular weight is 270 g/mol. The van der Waals surface area contributed by atoms with E-state index in [0.717, 1.165) is 4.90 Å². The monoisotopic (exact) mass is 270 g/mol. The molecule has 1 heterocycles. The second kappa shape index (κ2) is 4.45. The molecule has 0 saturated carbocycles. The summed E-state index contributed by atoms with van der Waals surface area (Å²) in [6.07, 6.45) is 0. The molecule has 4 nitrogen and oxygen atoms in total. The van der Waals surface area contributed by atoms with Gasteiger partial charge in [-0.3, -0.25) is 14.5 Å². The van der Waals surface area contributed by atoms with Crippen molar-refractivity contribution in [1.82, 2.24) is 4.90 Å². The molecule has 3 rings (SSSR count). The molecule has 0 aliphatic carbocycles. The third-order valence-corrected chi connectivity index (χ3v) is 3.31. The summed E-state index contributed by atoms with van der Waals surface area (Å²) < 4.78 is 13.0. The maximum absolute atomic E-state index is 13.0. The van der Waals surface area contributed by atoms with Crippen LogP contribution in [0.3, 0.4) is 0 Å². The molecule has 0 spiro atoms. The average Bonchev–Trinajstić information content (AvgIpc) is 2.67. The maximum Gasteiger partial charge on any atom is 0.261 e. The lowest BCUT2D eigenvalue weighted by molar-refractivity contribution is 0.0642. The van der Waals surface area contributed by atoms with Crippen molar-refractivity contribution in [1.29, 1.82) is 0 Å². The van der Waals surface area contributed by atoms with Crippen LogP contribution in [0.15, 0.2) is 42.5 Å². The van der Waals surface area contributed by atoms with Gasteiger partial charge >= 0.3 is 0 Å². The van der Waals surface area contributed by atoms with Crippen LogP contribution >= 0.6 is 0 Å². The van der Waals surface area contributed by atoms with Gasteiger partial charge in [0.1, 0.15) is 5.82 Å². The fraction of sp³-hybridized carbons (Fsp3) is 0.0667. The Bertz CT molecular complexity index is 693. The summed E-state index contributed by atoms with van der Waals surface area (Å²) in [5, 5.41) is 0. The third-order valence-electron chi connectivity index (χ3n) is 3.31. The second-order valence-corrected chi connectivity index (χ2v) is 4.59. The standard InChI is InChI=1S/C15H11FN2O2/c16-10-6-5-9(13(17)7-10)8-18-14(19)11-3-1-2-4-12(11)15(18)20/h1-7H,8,17H2. The Morgan fingerprint density at radius 3 is 2.15 bits per heavy atom. The van der Waals surface area contributed by atoms with E-state index in [2.05, 4.69) is 0 Å². The van der Waals surface area contributed by atoms with E-state index in [1.165, 1.54) is 18.2 Å². The minimum absolute atomic E-state index is 0.0401. The summed E-state index contributed by atoms with van der Waals surface area (Å²) in [5.74, 6) is -1.16. The zero-order valence-corrected chi connectivity index (χ0v) is 10.5. The number of halogens is 1. The van der Waals surface area contributed by atoms with Gasteiger partial charge in [-0.2, -0.15) is 0 Å². The van der Waals surface area contributed by atoms with Crippen LogP contribution in [0.5, 0.6) is 0 Å². The van der Waals surface area contributed by atoms with Gasteiger partial charge in [0, 0.05) is 5.69 Å². The molecule has 1 aliphatic rings. The van der Waals surface area contributed by atoms with Gasteiger partial charge in [0.25, 0.3) is 11.8 Å². The van der Waals surface area contributed by atoms with Crippen molar-refractivity contribution >= 4 is 17.5 Å². The van der Waals surface area contributed by atoms with Crippen LogP contribution < -0.4 is 5.73 Å². The minimum Gasteiger partial charge on any atom is -0.398 e. The summed E-state index contributed by atoms with van der Waals surface area (Å²) in [5.41, 5.74) is 7.25. The van der Waals surface area contributed by atoms with Gasteiger partial charge in [0.15, 0.2) is 0 Å². The molecule has 1 aliphatic heterocycles. The Kier molecular flexibility index (Phi) is 2.75. The van der Waals surface area contributed by atoms with E-state index in [0.29, 0.717) is 16.7 Å². The maximum atomic E-state index is 13.0. The van der Waals surface area contributed by atoms with E-state index in [9.17, 15) is 14.0 Å². The molecule has 20 heavy (non-hydrogen) atoms. The van der Waals surface area contributed by atoms with E-state index in [-0.39, 0.29) is 24.0 Å². The van der Waals surface area contributed by atoms with E-state index < -0.39 is 5.82 Å².